The first-order valence-electron chi connectivity index (χ1n) is 9.42. The molecule has 0 fully saturated rings. The second kappa shape index (κ2) is 10.2. The number of hydrogen-bond acceptors (Lipinski definition) is 3. The molecule has 148 valence electrons. The summed E-state index contributed by atoms with van der Waals surface area (Å²) in [5, 5.41) is 2.65. The summed E-state index contributed by atoms with van der Waals surface area (Å²) in [5.74, 6) is -1.83. The lowest BCUT2D eigenvalue weighted by Gasteiger charge is -2.17. The Morgan fingerprint density at radius 2 is 1.38 bits per heavy atom. The molecule has 0 heterocycles. The maximum absolute atomic E-state index is 13.6. The van der Waals surface area contributed by atoms with Crippen molar-refractivity contribution >= 4 is 11.9 Å². The van der Waals surface area contributed by atoms with Gasteiger partial charge in [0.05, 0.1) is 0 Å². The number of carbonyl (C=O) groups excluding carboxylic acids is 2. The maximum atomic E-state index is 13.6. The molecule has 4 nitrogen and oxygen atoms in total. The molecule has 5 heteroatoms. The number of esters is 1. The van der Waals surface area contributed by atoms with Crippen molar-refractivity contribution < 1.29 is 18.7 Å². The highest BCUT2D eigenvalue weighted by Crippen LogP contribution is 2.25. The summed E-state index contributed by atoms with van der Waals surface area (Å²) in [6.45, 7) is -0.121. The van der Waals surface area contributed by atoms with Crippen LogP contribution in [0.15, 0.2) is 84.9 Å². The third-order valence-corrected chi connectivity index (χ3v) is 4.52. The number of ether oxygens (including phenoxy) is 1. The number of rotatable bonds is 8. The van der Waals surface area contributed by atoms with Crippen molar-refractivity contribution in [3.8, 4) is 0 Å². The SMILES string of the molecule is O=C(COC(=O)C(c1ccccc1)c1ccccc1)NCCc1ccccc1F. The van der Waals surface area contributed by atoms with E-state index in [2.05, 4.69) is 5.32 Å². The third-order valence-electron chi connectivity index (χ3n) is 4.52. The van der Waals surface area contributed by atoms with E-state index in [4.69, 9.17) is 4.74 Å². The van der Waals surface area contributed by atoms with E-state index in [1.54, 1.807) is 18.2 Å². The van der Waals surface area contributed by atoms with Crippen molar-refractivity contribution in [1.29, 1.82) is 0 Å². The number of halogens is 1. The van der Waals surface area contributed by atoms with Gasteiger partial charge >= 0.3 is 5.97 Å². The molecule has 0 spiro atoms. The van der Waals surface area contributed by atoms with Crippen molar-refractivity contribution in [3.05, 3.63) is 107 Å². The normalized spacial score (nSPS) is 10.6. The second-order valence-electron chi connectivity index (χ2n) is 6.55. The van der Waals surface area contributed by atoms with E-state index >= 15 is 0 Å². The van der Waals surface area contributed by atoms with Crippen LogP contribution < -0.4 is 5.32 Å². The van der Waals surface area contributed by atoms with E-state index in [1.807, 2.05) is 60.7 Å². The zero-order chi connectivity index (χ0) is 20.5. The highest BCUT2D eigenvalue weighted by Gasteiger charge is 2.24. The van der Waals surface area contributed by atoms with Crippen LogP contribution in [0, 0.1) is 5.82 Å². The summed E-state index contributed by atoms with van der Waals surface area (Å²) in [5.41, 5.74) is 2.12. The molecule has 0 saturated heterocycles. The van der Waals surface area contributed by atoms with Gasteiger partial charge in [-0.1, -0.05) is 78.9 Å². The van der Waals surface area contributed by atoms with Gasteiger partial charge in [-0.15, -0.1) is 0 Å². The van der Waals surface area contributed by atoms with Gasteiger partial charge in [-0.2, -0.15) is 0 Å². The zero-order valence-electron chi connectivity index (χ0n) is 15.9. The zero-order valence-corrected chi connectivity index (χ0v) is 15.9. The molecule has 3 aromatic carbocycles. The molecule has 0 radical (unpaired) electrons. The van der Waals surface area contributed by atoms with Gasteiger partial charge < -0.3 is 10.1 Å². The van der Waals surface area contributed by atoms with Crippen LogP contribution in [-0.2, 0) is 20.7 Å². The highest BCUT2D eigenvalue weighted by molar-refractivity contribution is 5.85. The fourth-order valence-corrected chi connectivity index (χ4v) is 3.06. The van der Waals surface area contributed by atoms with E-state index in [9.17, 15) is 14.0 Å². The van der Waals surface area contributed by atoms with Gasteiger partial charge in [-0.3, -0.25) is 9.59 Å². The maximum Gasteiger partial charge on any atom is 0.318 e. The van der Waals surface area contributed by atoms with Gasteiger partial charge in [0.2, 0.25) is 0 Å². The fraction of sp³-hybridized carbons (Fsp3) is 0.167. The molecular weight excluding hydrogens is 369 g/mol. The quantitative estimate of drug-likeness (QED) is 0.593. The molecule has 0 aliphatic rings. The smallest absolute Gasteiger partial charge is 0.318 e. The third kappa shape index (κ3) is 5.75. The van der Waals surface area contributed by atoms with Crippen molar-refractivity contribution in [2.75, 3.05) is 13.2 Å². The van der Waals surface area contributed by atoms with Crippen molar-refractivity contribution in [3.63, 3.8) is 0 Å². The lowest BCUT2D eigenvalue weighted by atomic mass is 9.91. The predicted octanol–water partition coefficient (Wildman–Crippen LogP) is 3.86. The Morgan fingerprint density at radius 1 is 0.828 bits per heavy atom. The van der Waals surface area contributed by atoms with Gasteiger partial charge in [0.15, 0.2) is 6.61 Å². The van der Waals surface area contributed by atoms with Crippen LogP contribution in [0.25, 0.3) is 0 Å². The van der Waals surface area contributed by atoms with Crippen molar-refractivity contribution in [2.45, 2.75) is 12.3 Å². The molecule has 3 rings (SSSR count). The summed E-state index contributed by atoms with van der Waals surface area (Å²) in [6, 6.07) is 25.0. The molecule has 1 N–H and O–H groups in total. The average Bonchev–Trinajstić information content (AvgIpc) is 2.75. The van der Waals surface area contributed by atoms with Crippen LogP contribution in [0.3, 0.4) is 0 Å². The minimum atomic E-state index is -0.608. The lowest BCUT2D eigenvalue weighted by molar-refractivity contribution is -0.149. The van der Waals surface area contributed by atoms with Crippen molar-refractivity contribution in [2.24, 2.45) is 0 Å². The molecule has 3 aromatic rings. The summed E-state index contributed by atoms with van der Waals surface area (Å²) >= 11 is 0. The van der Waals surface area contributed by atoms with Gasteiger partial charge in [0, 0.05) is 6.54 Å². The molecule has 0 aromatic heterocycles. The van der Waals surface area contributed by atoms with Crippen LogP contribution in [0.2, 0.25) is 0 Å². The van der Waals surface area contributed by atoms with Crippen LogP contribution in [0.5, 0.6) is 0 Å². The summed E-state index contributed by atoms with van der Waals surface area (Å²) in [4.78, 5) is 24.8. The second-order valence-corrected chi connectivity index (χ2v) is 6.55. The largest absolute Gasteiger partial charge is 0.455 e. The molecule has 0 atom stereocenters. The standard InChI is InChI=1S/C24H22FNO3/c25-21-14-8-7-9-18(21)15-16-26-22(27)17-29-24(28)23(19-10-3-1-4-11-19)20-12-5-2-6-13-20/h1-14,23H,15-17H2,(H,26,27). The Bertz CT molecular complexity index is 905. The highest BCUT2D eigenvalue weighted by atomic mass is 19.1. The number of benzene rings is 3. The van der Waals surface area contributed by atoms with Gasteiger partial charge in [-0.25, -0.2) is 4.39 Å². The average molecular weight is 391 g/mol. The van der Waals surface area contributed by atoms with E-state index in [-0.39, 0.29) is 19.0 Å². The molecular formula is C24H22FNO3. The van der Waals surface area contributed by atoms with Gasteiger partial charge in [-0.05, 0) is 29.2 Å². The van der Waals surface area contributed by atoms with Crippen LogP contribution in [0.1, 0.15) is 22.6 Å². The van der Waals surface area contributed by atoms with E-state index in [0.717, 1.165) is 11.1 Å². The topological polar surface area (TPSA) is 55.4 Å². The van der Waals surface area contributed by atoms with Gasteiger partial charge in [0.25, 0.3) is 5.91 Å². The first kappa shape index (κ1) is 20.3. The predicted molar refractivity (Wildman–Crippen MR) is 109 cm³/mol. The molecule has 0 unspecified atom stereocenters. The summed E-state index contributed by atoms with van der Waals surface area (Å²) in [7, 11) is 0. The molecule has 0 bridgehead atoms. The number of amides is 1. The molecule has 1 amide bonds. The number of hydrogen-bond donors (Lipinski definition) is 1. The van der Waals surface area contributed by atoms with Crippen LogP contribution in [0.4, 0.5) is 4.39 Å². The lowest BCUT2D eigenvalue weighted by Crippen LogP contribution is -2.31. The first-order chi connectivity index (χ1) is 14.1. The number of nitrogens with one attached hydrogen (secondary N) is 1. The fourth-order valence-electron chi connectivity index (χ4n) is 3.06. The molecule has 29 heavy (non-hydrogen) atoms. The van der Waals surface area contributed by atoms with Crippen LogP contribution >= 0.6 is 0 Å². The Hall–Kier alpha value is -3.47. The minimum Gasteiger partial charge on any atom is -0.455 e. The van der Waals surface area contributed by atoms with Gasteiger partial charge in [0.1, 0.15) is 11.7 Å². The Labute approximate surface area is 169 Å². The molecule has 0 aliphatic heterocycles. The van der Waals surface area contributed by atoms with Crippen molar-refractivity contribution in [1.82, 2.24) is 5.32 Å². The Balaban J connectivity index is 1.56. The Morgan fingerprint density at radius 3 is 1.97 bits per heavy atom. The minimum absolute atomic E-state index is 0.262. The van der Waals surface area contributed by atoms with Crippen LogP contribution in [-0.4, -0.2) is 25.0 Å². The molecule has 0 saturated carbocycles. The Kier molecular flexibility index (Phi) is 7.11. The van der Waals surface area contributed by atoms with E-state index in [1.165, 1.54) is 6.07 Å². The summed E-state index contributed by atoms with van der Waals surface area (Å²) in [6.07, 6.45) is 0.364. The van der Waals surface area contributed by atoms with E-state index in [0.29, 0.717) is 12.0 Å². The first-order valence-corrected chi connectivity index (χ1v) is 9.42. The monoisotopic (exact) mass is 391 g/mol. The number of carbonyl (C=O) groups is 2. The summed E-state index contributed by atoms with van der Waals surface area (Å²) < 4.78 is 18.9. The van der Waals surface area contributed by atoms with E-state index < -0.39 is 17.8 Å². The molecule has 0 aliphatic carbocycles.